The Morgan fingerprint density at radius 1 is 1.16 bits per heavy atom. The van der Waals surface area contributed by atoms with Crippen LogP contribution in [0, 0.1) is 31.5 Å². The minimum absolute atomic E-state index is 0.0735. The molecule has 0 unspecified atom stereocenters. The van der Waals surface area contributed by atoms with Crippen LogP contribution in [0.4, 0.5) is 10.2 Å². The predicted molar refractivity (Wildman–Crippen MR) is 96.2 cm³/mol. The van der Waals surface area contributed by atoms with Crippen LogP contribution in [-0.2, 0) is 0 Å². The summed E-state index contributed by atoms with van der Waals surface area (Å²) in [5, 5.41) is 3.52. The van der Waals surface area contributed by atoms with Crippen LogP contribution in [0.2, 0.25) is 0 Å². The molecule has 0 saturated heterocycles. The number of carbonyl (C=O) groups is 1. The van der Waals surface area contributed by atoms with Crippen LogP contribution in [0.3, 0.4) is 0 Å². The number of thiazole rings is 1. The number of aryl methyl sites for hydroxylation is 2. The molecule has 0 spiro atoms. The van der Waals surface area contributed by atoms with Crippen LogP contribution in [0.15, 0.2) is 42.7 Å². The number of nitrogens with one attached hydrogen (secondary N) is 1. The molecule has 0 radical (unpaired) electrons. The monoisotopic (exact) mass is 351 g/mol. The lowest BCUT2D eigenvalue weighted by Gasteiger charge is -2.06. The number of hydrogen-bond donors (Lipinski definition) is 1. The Labute approximate surface area is 148 Å². The lowest BCUT2D eigenvalue weighted by molar-refractivity contribution is 0.102. The molecular weight excluding hydrogens is 337 g/mol. The number of aromatic nitrogens is 2. The van der Waals surface area contributed by atoms with Gasteiger partial charge in [-0.2, -0.15) is 0 Å². The number of hydrogen-bond acceptors (Lipinski definition) is 4. The van der Waals surface area contributed by atoms with Crippen molar-refractivity contribution in [3.63, 3.8) is 0 Å². The molecule has 0 bridgehead atoms. The highest BCUT2D eigenvalue weighted by molar-refractivity contribution is 7.12. The van der Waals surface area contributed by atoms with Gasteiger partial charge in [-0.25, -0.2) is 14.4 Å². The minimum Gasteiger partial charge on any atom is -0.306 e. The number of nitrogens with zero attached hydrogens (tertiary/aromatic N) is 2. The molecule has 0 aliphatic heterocycles. The summed E-state index contributed by atoms with van der Waals surface area (Å²) < 4.78 is 14.0. The van der Waals surface area contributed by atoms with Crippen LogP contribution >= 0.6 is 11.3 Å². The van der Waals surface area contributed by atoms with Crippen LogP contribution in [-0.4, -0.2) is 15.9 Å². The SMILES string of the molecule is Cc1ccnc(NC(=O)c2cc(C#Cc3cnc(C)s3)ccc2F)c1. The molecule has 1 aromatic carbocycles. The van der Waals surface area contributed by atoms with E-state index in [0.717, 1.165) is 15.4 Å². The molecule has 25 heavy (non-hydrogen) atoms. The molecule has 124 valence electrons. The Hall–Kier alpha value is -3.04. The quantitative estimate of drug-likeness (QED) is 0.712. The van der Waals surface area contributed by atoms with E-state index < -0.39 is 11.7 Å². The predicted octanol–water partition coefficient (Wildman–Crippen LogP) is 3.95. The number of benzene rings is 1. The average molecular weight is 351 g/mol. The Kier molecular flexibility index (Phi) is 4.87. The number of halogens is 1. The lowest BCUT2D eigenvalue weighted by atomic mass is 10.1. The van der Waals surface area contributed by atoms with Gasteiger partial charge in [-0.3, -0.25) is 4.79 Å². The van der Waals surface area contributed by atoms with E-state index in [9.17, 15) is 9.18 Å². The highest BCUT2D eigenvalue weighted by Gasteiger charge is 2.13. The van der Waals surface area contributed by atoms with Gasteiger partial charge in [0.05, 0.1) is 21.6 Å². The molecule has 0 aliphatic carbocycles. The molecule has 3 rings (SSSR count). The number of amides is 1. The third-order valence-corrected chi connectivity index (χ3v) is 4.15. The first-order valence-corrected chi connectivity index (χ1v) is 8.31. The second kappa shape index (κ2) is 7.24. The van der Waals surface area contributed by atoms with Crippen LogP contribution in [0.25, 0.3) is 0 Å². The minimum atomic E-state index is -0.607. The summed E-state index contributed by atoms with van der Waals surface area (Å²) in [6.45, 7) is 3.78. The highest BCUT2D eigenvalue weighted by Crippen LogP contribution is 2.14. The Morgan fingerprint density at radius 2 is 2.00 bits per heavy atom. The molecule has 4 nitrogen and oxygen atoms in total. The number of carbonyl (C=O) groups excluding carboxylic acids is 1. The Balaban J connectivity index is 1.84. The zero-order chi connectivity index (χ0) is 17.8. The van der Waals surface area contributed by atoms with Gasteiger partial charge < -0.3 is 5.32 Å². The van der Waals surface area contributed by atoms with Crippen molar-refractivity contribution in [2.45, 2.75) is 13.8 Å². The van der Waals surface area contributed by atoms with Gasteiger partial charge in [0.2, 0.25) is 0 Å². The van der Waals surface area contributed by atoms with Crippen molar-refractivity contribution in [1.82, 2.24) is 9.97 Å². The van der Waals surface area contributed by atoms with E-state index in [1.165, 1.54) is 29.5 Å². The fourth-order valence-electron chi connectivity index (χ4n) is 2.12. The van der Waals surface area contributed by atoms with Crippen LogP contribution < -0.4 is 5.32 Å². The van der Waals surface area contributed by atoms with Gasteiger partial charge in [0.1, 0.15) is 11.6 Å². The standard InChI is InChI=1S/C19H14FN3OS/c1-12-7-8-21-18(9-12)23-19(24)16-10-14(4-6-17(16)20)3-5-15-11-22-13(2)25-15/h4,6-11H,1-2H3,(H,21,23,24). The molecule has 3 aromatic rings. The maximum absolute atomic E-state index is 14.0. The lowest BCUT2D eigenvalue weighted by Crippen LogP contribution is -2.15. The molecule has 0 aliphatic rings. The van der Waals surface area contributed by atoms with Crippen molar-refractivity contribution >= 4 is 23.1 Å². The fraction of sp³-hybridized carbons (Fsp3) is 0.105. The second-order valence-electron chi connectivity index (χ2n) is 5.36. The van der Waals surface area contributed by atoms with Crippen molar-refractivity contribution in [2.75, 3.05) is 5.32 Å². The van der Waals surface area contributed by atoms with Gasteiger partial charge in [-0.1, -0.05) is 5.92 Å². The summed E-state index contributed by atoms with van der Waals surface area (Å²) in [5.74, 6) is 5.10. The molecular formula is C19H14FN3OS. The van der Waals surface area contributed by atoms with E-state index in [1.807, 2.05) is 19.9 Å². The first kappa shape index (κ1) is 16.8. The van der Waals surface area contributed by atoms with E-state index in [4.69, 9.17) is 0 Å². The normalized spacial score (nSPS) is 10.0. The van der Waals surface area contributed by atoms with Crippen molar-refractivity contribution < 1.29 is 9.18 Å². The van der Waals surface area contributed by atoms with E-state index >= 15 is 0 Å². The molecule has 6 heteroatoms. The second-order valence-corrected chi connectivity index (χ2v) is 6.60. The molecule has 1 N–H and O–H groups in total. The summed E-state index contributed by atoms with van der Waals surface area (Å²) in [4.78, 5) is 21.3. The maximum atomic E-state index is 14.0. The topological polar surface area (TPSA) is 54.9 Å². The zero-order valence-corrected chi connectivity index (χ0v) is 14.4. The van der Waals surface area contributed by atoms with Crippen molar-refractivity contribution in [3.8, 4) is 11.8 Å². The molecule has 0 atom stereocenters. The third kappa shape index (κ3) is 4.28. The summed E-state index contributed by atoms with van der Waals surface area (Å²) in [7, 11) is 0. The number of anilines is 1. The van der Waals surface area contributed by atoms with Gasteiger partial charge in [-0.05, 0) is 55.7 Å². The van der Waals surface area contributed by atoms with E-state index in [0.29, 0.717) is 11.4 Å². The van der Waals surface area contributed by atoms with Crippen molar-refractivity contribution in [2.24, 2.45) is 0 Å². The smallest absolute Gasteiger partial charge is 0.259 e. The Bertz CT molecular complexity index is 1000. The molecule has 2 heterocycles. The summed E-state index contributed by atoms with van der Waals surface area (Å²) in [6, 6.07) is 7.74. The van der Waals surface area contributed by atoms with Gasteiger partial charge in [0.25, 0.3) is 5.91 Å². The summed E-state index contributed by atoms with van der Waals surface area (Å²) in [6.07, 6.45) is 3.27. The van der Waals surface area contributed by atoms with Gasteiger partial charge in [-0.15, -0.1) is 11.3 Å². The fourth-order valence-corrected chi connectivity index (χ4v) is 2.75. The van der Waals surface area contributed by atoms with E-state index in [2.05, 4.69) is 27.1 Å². The van der Waals surface area contributed by atoms with Crippen molar-refractivity contribution in [1.29, 1.82) is 0 Å². The first-order valence-electron chi connectivity index (χ1n) is 7.49. The average Bonchev–Trinajstić information content (AvgIpc) is 2.99. The first-order chi connectivity index (χ1) is 12.0. The van der Waals surface area contributed by atoms with Crippen molar-refractivity contribution in [3.05, 3.63) is 75.1 Å². The number of rotatable bonds is 2. The van der Waals surface area contributed by atoms with Crippen LogP contribution in [0.5, 0.6) is 0 Å². The van der Waals surface area contributed by atoms with Gasteiger partial charge in [0.15, 0.2) is 0 Å². The van der Waals surface area contributed by atoms with Crippen LogP contribution in [0.1, 0.15) is 31.4 Å². The number of pyridine rings is 1. The summed E-state index contributed by atoms with van der Waals surface area (Å²) in [5.41, 5.74) is 1.43. The zero-order valence-electron chi connectivity index (χ0n) is 13.6. The molecule has 1 amide bonds. The van der Waals surface area contributed by atoms with Gasteiger partial charge >= 0.3 is 0 Å². The Morgan fingerprint density at radius 3 is 2.72 bits per heavy atom. The molecule has 0 saturated carbocycles. The molecule has 0 fully saturated rings. The van der Waals surface area contributed by atoms with E-state index in [-0.39, 0.29) is 5.56 Å². The third-order valence-electron chi connectivity index (χ3n) is 3.32. The highest BCUT2D eigenvalue weighted by atomic mass is 32.1. The largest absolute Gasteiger partial charge is 0.306 e. The maximum Gasteiger partial charge on any atom is 0.259 e. The van der Waals surface area contributed by atoms with E-state index in [1.54, 1.807) is 18.5 Å². The molecule has 2 aromatic heterocycles. The summed E-state index contributed by atoms with van der Waals surface area (Å²) >= 11 is 1.48. The van der Waals surface area contributed by atoms with Gasteiger partial charge in [0, 0.05) is 11.8 Å².